The first-order valence-electron chi connectivity index (χ1n) is 11.0. The third-order valence-electron chi connectivity index (χ3n) is 5.95. The number of benzene rings is 1. The molecule has 6 heteroatoms. The maximum atomic E-state index is 12.7. The molecular formula is C23H35N3O3. The van der Waals surface area contributed by atoms with Gasteiger partial charge in [-0.1, -0.05) is 30.3 Å². The largest absolute Gasteiger partial charge is 0.447 e. The van der Waals surface area contributed by atoms with Crippen LogP contribution in [0.25, 0.3) is 0 Å². The first-order chi connectivity index (χ1) is 14.0. The summed E-state index contributed by atoms with van der Waals surface area (Å²) in [5, 5.41) is 3.13. The van der Waals surface area contributed by atoms with Gasteiger partial charge < -0.3 is 15.0 Å². The van der Waals surface area contributed by atoms with Crippen LogP contribution in [0.3, 0.4) is 0 Å². The Kier molecular flexibility index (Phi) is 7.92. The quantitative estimate of drug-likeness (QED) is 0.796. The average Bonchev–Trinajstić information content (AvgIpc) is 2.74. The van der Waals surface area contributed by atoms with E-state index in [1.165, 1.54) is 5.56 Å². The normalized spacial score (nSPS) is 21.2. The fourth-order valence-corrected chi connectivity index (χ4v) is 4.36. The lowest BCUT2D eigenvalue weighted by molar-refractivity contribution is -0.127. The van der Waals surface area contributed by atoms with Gasteiger partial charge in [0, 0.05) is 32.2 Å². The fraction of sp³-hybridized carbons (Fsp3) is 0.652. The van der Waals surface area contributed by atoms with E-state index in [0.717, 1.165) is 58.3 Å². The standard InChI is InChI=1S/C23H35N3O3/c1-18(2)29-23(28)25-15-11-21(12-16-25)26-14-6-9-20(17-26)22(27)24-13-10-19-7-4-3-5-8-19/h3-5,7-8,18,20-21H,6,9-17H2,1-2H3,(H,24,27)/t20-/m0/s1. The number of ether oxygens (including phenoxy) is 1. The van der Waals surface area contributed by atoms with Gasteiger partial charge in [0.15, 0.2) is 0 Å². The number of piperidine rings is 2. The van der Waals surface area contributed by atoms with Crippen LogP contribution in [-0.4, -0.2) is 66.7 Å². The van der Waals surface area contributed by atoms with Crippen LogP contribution in [0.15, 0.2) is 30.3 Å². The van der Waals surface area contributed by atoms with Gasteiger partial charge in [-0.3, -0.25) is 9.69 Å². The molecule has 2 aliphatic heterocycles. The van der Waals surface area contributed by atoms with Crippen molar-refractivity contribution >= 4 is 12.0 Å². The van der Waals surface area contributed by atoms with Gasteiger partial charge in [0.1, 0.15) is 0 Å². The van der Waals surface area contributed by atoms with E-state index < -0.39 is 0 Å². The van der Waals surface area contributed by atoms with Crippen molar-refractivity contribution in [2.75, 3.05) is 32.7 Å². The van der Waals surface area contributed by atoms with Gasteiger partial charge in [-0.15, -0.1) is 0 Å². The Bertz CT molecular complexity index is 657. The first-order valence-corrected chi connectivity index (χ1v) is 11.0. The predicted octanol–water partition coefficient (Wildman–Crippen LogP) is 3.07. The molecule has 1 N–H and O–H groups in total. The average molecular weight is 402 g/mol. The summed E-state index contributed by atoms with van der Waals surface area (Å²) in [4.78, 5) is 29.0. The van der Waals surface area contributed by atoms with Crippen LogP contribution in [0.1, 0.15) is 45.1 Å². The molecule has 1 atom stereocenters. The predicted molar refractivity (Wildman–Crippen MR) is 114 cm³/mol. The summed E-state index contributed by atoms with van der Waals surface area (Å²) in [6.45, 7) is 7.80. The van der Waals surface area contributed by atoms with Crippen LogP contribution >= 0.6 is 0 Å². The molecule has 2 amide bonds. The zero-order valence-corrected chi connectivity index (χ0v) is 17.8. The van der Waals surface area contributed by atoms with Gasteiger partial charge in [0.25, 0.3) is 0 Å². The smallest absolute Gasteiger partial charge is 0.410 e. The molecule has 2 heterocycles. The van der Waals surface area contributed by atoms with Crippen LogP contribution in [-0.2, 0) is 16.0 Å². The molecule has 29 heavy (non-hydrogen) atoms. The summed E-state index contributed by atoms with van der Waals surface area (Å²) in [5.74, 6) is 0.257. The summed E-state index contributed by atoms with van der Waals surface area (Å²) >= 11 is 0. The van der Waals surface area contributed by atoms with E-state index in [4.69, 9.17) is 4.74 Å². The lowest BCUT2D eigenvalue weighted by atomic mass is 9.93. The van der Waals surface area contributed by atoms with Crippen molar-refractivity contribution in [3.05, 3.63) is 35.9 Å². The number of hydrogen-bond acceptors (Lipinski definition) is 4. The molecular weight excluding hydrogens is 366 g/mol. The molecule has 0 radical (unpaired) electrons. The number of rotatable bonds is 6. The van der Waals surface area contributed by atoms with Crippen molar-refractivity contribution < 1.29 is 14.3 Å². The lowest BCUT2D eigenvalue weighted by Crippen LogP contribution is -2.51. The molecule has 2 aliphatic rings. The Hall–Kier alpha value is -2.08. The minimum absolute atomic E-state index is 0.0726. The SMILES string of the molecule is CC(C)OC(=O)N1CCC(N2CCC[C@H](C(=O)NCCc3ccccc3)C2)CC1. The Morgan fingerprint density at radius 2 is 1.83 bits per heavy atom. The Balaban J connectivity index is 1.41. The number of carbonyl (C=O) groups is 2. The van der Waals surface area contributed by atoms with Gasteiger partial charge in [0.2, 0.25) is 5.91 Å². The molecule has 1 aromatic carbocycles. The van der Waals surface area contributed by atoms with E-state index in [1.54, 1.807) is 0 Å². The Morgan fingerprint density at radius 1 is 1.10 bits per heavy atom. The van der Waals surface area contributed by atoms with Gasteiger partial charge in [0.05, 0.1) is 12.0 Å². The van der Waals surface area contributed by atoms with Crippen LogP contribution < -0.4 is 5.32 Å². The Labute approximate surface area is 174 Å². The fourth-order valence-electron chi connectivity index (χ4n) is 4.36. The molecule has 0 saturated carbocycles. The molecule has 0 spiro atoms. The van der Waals surface area contributed by atoms with Gasteiger partial charge in [-0.25, -0.2) is 4.79 Å². The highest BCUT2D eigenvalue weighted by Gasteiger charge is 2.32. The topological polar surface area (TPSA) is 61.9 Å². The van der Waals surface area contributed by atoms with Crippen LogP contribution in [0, 0.1) is 5.92 Å². The van der Waals surface area contributed by atoms with E-state index in [1.807, 2.05) is 36.9 Å². The van der Waals surface area contributed by atoms with Crippen LogP contribution in [0.2, 0.25) is 0 Å². The lowest BCUT2D eigenvalue weighted by Gasteiger charge is -2.41. The molecule has 0 aromatic heterocycles. The number of carbonyl (C=O) groups excluding carboxylic acids is 2. The van der Waals surface area contributed by atoms with Crippen molar-refractivity contribution in [2.24, 2.45) is 5.92 Å². The highest BCUT2D eigenvalue weighted by Crippen LogP contribution is 2.24. The van der Waals surface area contributed by atoms with E-state index in [0.29, 0.717) is 12.6 Å². The van der Waals surface area contributed by atoms with E-state index in [9.17, 15) is 9.59 Å². The van der Waals surface area contributed by atoms with Crippen molar-refractivity contribution in [2.45, 2.75) is 58.1 Å². The maximum Gasteiger partial charge on any atom is 0.410 e. The van der Waals surface area contributed by atoms with Crippen LogP contribution in [0.5, 0.6) is 0 Å². The molecule has 0 unspecified atom stereocenters. The molecule has 6 nitrogen and oxygen atoms in total. The molecule has 3 rings (SSSR count). The van der Waals surface area contributed by atoms with Crippen molar-refractivity contribution in [1.82, 2.24) is 15.1 Å². The second kappa shape index (κ2) is 10.6. The molecule has 0 aliphatic carbocycles. The van der Waals surface area contributed by atoms with Gasteiger partial charge in [-0.05, 0) is 58.1 Å². The third-order valence-corrected chi connectivity index (χ3v) is 5.95. The maximum absolute atomic E-state index is 12.7. The summed E-state index contributed by atoms with van der Waals surface area (Å²) < 4.78 is 5.31. The third kappa shape index (κ3) is 6.46. The number of nitrogens with one attached hydrogen (secondary N) is 1. The monoisotopic (exact) mass is 401 g/mol. The first kappa shape index (κ1) is 21.6. The van der Waals surface area contributed by atoms with E-state index in [2.05, 4.69) is 22.3 Å². The zero-order valence-electron chi connectivity index (χ0n) is 17.8. The van der Waals surface area contributed by atoms with Crippen LogP contribution in [0.4, 0.5) is 4.79 Å². The number of nitrogens with zero attached hydrogens (tertiary/aromatic N) is 2. The number of amides is 2. The number of hydrogen-bond donors (Lipinski definition) is 1. The summed E-state index contributed by atoms with van der Waals surface area (Å²) in [5.41, 5.74) is 1.25. The highest BCUT2D eigenvalue weighted by atomic mass is 16.6. The summed E-state index contributed by atoms with van der Waals surface area (Å²) in [7, 11) is 0. The number of likely N-dealkylation sites (tertiary alicyclic amines) is 2. The molecule has 2 fully saturated rings. The minimum Gasteiger partial charge on any atom is -0.447 e. The second-order valence-electron chi connectivity index (χ2n) is 8.51. The summed E-state index contributed by atoms with van der Waals surface area (Å²) in [6, 6.07) is 10.7. The van der Waals surface area contributed by atoms with Gasteiger partial charge in [-0.2, -0.15) is 0 Å². The van der Waals surface area contributed by atoms with E-state index >= 15 is 0 Å². The molecule has 0 bridgehead atoms. The van der Waals surface area contributed by atoms with E-state index in [-0.39, 0.29) is 24.0 Å². The summed E-state index contributed by atoms with van der Waals surface area (Å²) in [6.07, 6.45) is 4.52. The Morgan fingerprint density at radius 3 is 2.52 bits per heavy atom. The molecule has 2 saturated heterocycles. The molecule has 1 aromatic rings. The van der Waals surface area contributed by atoms with Gasteiger partial charge >= 0.3 is 6.09 Å². The second-order valence-corrected chi connectivity index (χ2v) is 8.51. The van der Waals surface area contributed by atoms with Crippen molar-refractivity contribution in [3.63, 3.8) is 0 Å². The molecule has 160 valence electrons. The zero-order chi connectivity index (χ0) is 20.6. The minimum atomic E-state index is -0.201. The van der Waals surface area contributed by atoms with Crippen molar-refractivity contribution in [1.29, 1.82) is 0 Å². The highest BCUT2D eigenvalue weighted by molar-refractivity contribution is 5.79. The van der Waals surface area contributed by atoms with Crippen molar-refractivity contribution in [3.8, 4) is 0 Å².